The molecule has 0 aromatic carbocycles. The van der Waals surface area contributed by atoms with Crippen LogP contribution in [0.15, 0.2) is 0 Å². The van der Waals surface area contributed by atoms with Crippen LogP contribution in [0.2, 0.25) is 0 Å². The minimum Gasteiger partial charge on any atom is -0.352 e. The van der Waals surface area contributed by atoms with Gasteiger partial charge in [0.05, 0.1) is 13.0 Å². The quantitative estimate of drug-likeness (QED) is 0.735. The molecule has 94 valence electrons. The Balaban J connectivity index is 2.07. The maximum absolute atomic E-state index is 12.0. The van der Waals surface area contributed by atoms with Gasteiger partial charge in [0, 0.05) is 6.04 Å². The van der Waals surface area contributed by atoms with E-state index in [4.69, 9.17) is 0 Å². The fourth-order valence-electron chi connectivity index (χ4n) is 1.44. The van der Waals surface area contributed by atoms with Crippen LogP contribution in [0.4, 0.5) is 13.2 Å². The zero-order chi connectivity index (χ0) is 12.2. The summed E-state index contributed by atoms with van der Waals surface area (Å²) in [6, 6.07) is -0.866. The lowest BCUT2D eigenvalue weighted by molar-refractivity contribution is -0.141. The highest BCUT2D eigenvalue weighted by molar-refractivity contribution is 5.78. The number of halogens is 3. The number of amides is 1. The van der Waals surface area contributed by atoms with E-state index in [-0.39, 0.29) is 12.5 Å². The van der Waals surface area contributed by atoms with Gasteiger partial charge in [0.1, 0.15) is 0 Å². The number of hydrogen-bond donors (Lipinski definition) is 2. The van der Waals surface area contributed by atoms with E-state index in [1.807, 2.05) is 0 Å². The smallest absolute Gasteiger partial charge is 0.352 e. The highest BCUT2D eigenvalue weighted by atomic mass is 19.4. The van der Waals surface area contributed by atoms with Crippen LogP contribution in [0.5, 0.6) is 0 Å². The predicted molar refractivity (Wildman–Crippen MR) is 53.9 cm³/mol. The van der Waals surface area contributed by atoms with E-state index in [2.05, 4.69) is 10.6 Å². The number of carbonyl (C=O) groups excluding carboxylic acids is 1. The topological polar surface area (TPSA) is 41.1 Å². The molecule has 0 aromatic heterocycles. The number of rotatable bonds is 6. The van der Waals surface area contributed by atoms with E-state index in [1.165, 1.54) is 19.8 Å². The van der Waals surface area contributed by atoms with Crippen LogP contribution in [0.1, 0.15) is 26.2 Å². The molecule has 0 aliphatic heterocycles. The van der Waals surface area contributed by atoms with Crippen LogP contribution in [0.3, 0.4) is 0 Å². The van der Waals surface area contributed by atoms with Crippen molar-refractivity contribution < 1.29 is 18.0 Å². The van der Waals surface area contributed by atoms with Crippen molar-refractivity contribution in [1.29, 1.82) is 0 Å². The van der Waals surface area contributed by atoms with Crippen molar-refractivity contribution in [2.75, 3.05) is 13.1 Å². The third-order valence-corrected chi connectivity index (χ3v) is 2.36. The number of hydrogen-bond acceptors (Lipinski definition) is 2. The molecule has 6 heteroatoms. The summed E-state index contributed by atoms with van der Waals surface area (Å²) in [5, 5.41) is 5.23. The summed E-state index contributed by atoms with van der Waals surface area (Å²) in [5.41, 5.74) is 0. The van der Waals surface area contributed by atoms with Gasteiger partial charge in [-0.05, 0) is 32.2 Å². The Morgan fingerprint density at radius 3 is 2.56 bits per heavy atom. The van der Waals surface area contributed by atoms with Crippen LogP contribution in [0, 0.1) is 5.92 Å². The Bertz CT molecular complexity index is 239. The molecule has 1 saturated carbocycles. The van der Waals surface area contributed by atoms with Crippen LogP contribution in [-0.2, 0) is 4.79 Å². The predicted octanol–water partition coefficient (Wildman–Crippen LogP) is 1.44. The lowest BCUT2D eigenvalue weighted by atomic mass is 10.2. The molecule has 1 fully saturated rings. The van der Waals surface area contributed by atoms with Crippen molar-refractivity contribution in [2.24, 2.45) is 5.92 Å². The maximum atomic E-state index is 12.0. The fourth-order valence-corrected chi connectivity index (χ4v) is 1.44. The van der Waals surface area contributed by atoms with Crippen LogP contribution < -0.4 is 10.6 Å². The molecule has 1 unspecified atom stereocenters. The van der Waals surface area contributed by atoms with Gasteiger partial charge in [-0.2, -0.15) is 13.2 Å². The number of nitrogens with one attached hydrogen (secondary N) is 2. The molecule has 1 atom stereocenters. The third kappa shape index (κ3) is 6.66. The van der Waals surface area contributed by atoms with E-state index in [9.17, 15) is 18.0 Å². The first-order valence-electron chi connectivity index (χ1n) is 5.43. The van der Waals surface area contributed by atoms with E-state index in [0.29, 0.717) is 5.92 Å². The van der Waals surface area contributed by atoms with Gasteiger partial charge in [-0.25, -0.2) is 0 Å². The number of alkyl halides is 3. The fraction of sp³-hybridized carbons (Fsp3) is 0.900. The summed E-state index contributed by atoms with van der Waals surface area (Å²) < 4.78 is 35.9. The highest BCUT2D eigenvalue weighted by Gasteiger charge is 2.30. The Kier molecular flexibility index (Phi) is 4.58. The molecule has 0 aromatic rings. The average molecular weight is 238 g/mol. The lowest BCUT2D eigenvalue weighted by Gasteiger charge is -2.15. The third-order valence-electron chi connectivity index (χ3n) is 2.36. The summed E-state index contributed by atoms with van der Waals surface area (Å²) in [7, 11) is 0. The molecular weight excluding hydrogens is 221 g/mol. The molecule has 0 bridgehead atoms. The lowest BCUT2D eigenvalue weighted by Crippen LogP contribution is -2.41. The monoisotopic (exact) mass is 238 g/mol. The van der Waals surface area contributed by atoms with Crippen molar-refractivity contribution in [3.8, 4) is 0 Å². The summed E-state index contributed by atoms with van der Waals surface area (Å²) in [6.07, 6.45) is -2.85. The van der Waals surface area contributed by atoms with Crippen molar-refractivity contribution in [3.63, 3.8) is 0 Å². The molecule has 0 saturated heterocycles. The van der Waals surface area contributed by atoms with E-state index >= 15 is 0 Å². The standard InChI is InChI=1S/C10H17F3N2O/c1-7(4-10(11,12)13)15-9(16)6-14-5-8-2-3-8/h7-8,14H,2-6H2,1H3,(H,15,16). The van der Waals surface area contributed by atoms with Gasteiger partial charge in [-0.3, -0.25) is 4.79 Å². The second-order valence-electron chi connectivity index (χ2n) is 4.36. The molecule has 1 rings (SSSR count). The molecule has 0 heterocycles. The Labute approximate surface area is 92.8 Å². The largest absolute Gasteiger partial charge is 0.391 e. The van der Waals surface area contributed by atoms with Crippen molar-refractivity contribution in [2.45, 2.75) is 38.4 Å². The van der Waals surface area contributed by atoms with Gasteiger partial charge in [0.2, 0.25) is 5.91 Å². The van der Waals surface area contributed by atoms with Gasteiger partial charge < -0.3 is 10.6 Å². The molecule has 0 radical (unpaired) electrons. The first-order chi connectivity index (χ1) is 7.37. The molecule has 16 heavy (non-hydrogen) atoms. The normalized spacial score (nSPS) is 18.2. The molecule has 1 aliphatic carbocycles. The molecular formula is C10H17F3N2O. The van der Waals surface area contributed by atoms with E-state index < -0.39 is 18.6 Å². The van der Waals surface area contributed by atoms with Gasteiger partial charge in [-0.15, -0.1) is 0 Å². The zero-order valence-corrected chi connectivity index (χ0v) is 9.23. The van der Waals surface area contributed by atoms with Crippen molar-refractivity contribution in [3.05, 3.63) is 0 Å². The van der Waals surface area contributed by atoms with Gasteiger partial charge in [-0.1, -0.05) is 0 Å². The zero-order valence-electron chi connectivity index (χ0n) is 9.23. The second-order valence-corrected chi connectivity index (χ2v) is 4.36. The first kappa shape index (κ1) is 13.3. The summed E-state index contributed by atoms with van der Waals surface area (Å²) >= 11 is 0. The van der Waals surface area contributed by atoms with Crippen LogP contribution in [0.25, 0.3) is 0 Å². The highest BCUT2D eigenvalue weighted by Crippen LogP contribution is 2.27. The molecule has 0 spiro atoms. The minimum atomic E-state index is -4.23. The van der Waals surface area contributed by atoms with Gasteiger partial charge >= 0.3 is 6.18 Å². The van der Waals surface area contributed by atoms with Gasteiger partial charge in [0.25, 0.3) is 0 Å². The molecule has 3 nitrogen and oxygen atoms in total. The van der Waals surface area contributed by atoms with Gasteiger partial charge in [0.15, 0.2) is 0 Å². The Hall–Kier alpha value is -0.780. The molecule has 1 amide bonds. The minimum absolute atomic E-state index is 0.0959. The summed E-state index contributed by atoms with van der Waals surface area (Å²) in [6.45, 7) is 2.23. The first-order valence-corrected chi connectivity index (χ1v) is 5.43. The van der Waals surface area contributed by atoms with Crippen LogP contribution in [-0.4, -0.2) is 31.2 Å². The van der Waals surface area contributed by atoms with Crippen molar-refractivity contribution in [1.82, 2.24) is 10.6 Å². The van der Waals surface area contributed by atoms with Crippen LogP contribution >= 0.6 is 0 Å². The summed E-state index contributed by atoms with van der Waals surface area (Å²) in [4.78, 5) is 11.2. The average Bonchev–Trinajstić information content (AvgIpc) is 2.83. The summed E-state index contributed by atoms with van der Waals surface area (Å²) in [5.74, 6) is 0.276. The maximum Gasteiger partial charge on any atom is 0.391 e. The Morgan fingerprint density at radius 2 is 2.06 bits per heavy atom. The molecule has 2 N–H and O–H groups in total. The van der Waals surface area contributed by atoms with E-state index in [0.717, 1.165) is 6.54 Å². The number of carbonyl (C=O) groups is 1. The Morgan fingerprint density at radius 1 is 1.44 bits per heavy atom. The van der Waals surface area contributed by atoms with E-state index in [1.54, 1.807) is 0 Å². The van der Waals surface area contributed by atoms with Crippen molar-refractivity contribution >= 4 is 5.91 Å². The SMILES string of the molecule is CC(CC(F)(F)F)NC(=O)CNCC1CC1. The molecule has 1 aliphatic rings. The second kappa shape index (κ2) is 5.52.